The van der Waals surface area contributed by atoms with Gasteiger partial charge in [-0.3, -0.25) is 0 Å². The lowest BCUT2D eigenvalue weighted by atomic mass is 10.3. The van der Waals surface area contributed by atoms with E-state index in [9.17, 15) is 0 Å². The van der Waals surface area contributed by atoms with Crippen molar-refractivity contribution >= 4 is 15.9 Å². The fraction of sp³-hybridized carbons (Fsp3) is 0.455. The molecule has 2 heterocycles. The van der Waals surface area contributed by atoms with Crippen LogP contribution in [0.15, 0.2) is 21.2 Å². The Balaban J connectivity index is 2.18. The van der Waals surface area contributed by atoms with E-state index in [4.69, 9.17) is 4.42 Å². The molecular formula is C11H15BrN4O. The van der Waals surface area contributed by atoms with Crippen LogP contribution in [0.1, 0.15) is 19.6 Å². The summed E-state index contributed by atoms with van der Waals surface area (Å²) < 4.78 is 8.12. The zero-order valence-corrected chi connectivity index (χ0v) is 11.7. The average molecular weight is 299 g/mol. The molecule has 0 atom stereocenters. The molecule has 0 aliphatic heterocycles. The van der Waals surface area contributed by atoms with Gasteiger partial charge in [-0.05, 0) is 28.1 Å². The molecule has 5 nitrogen and oxygen atoms in total. The van der Waals surface area contributed by atoms with E-state index in [1.54, 1.807) is 4.68 Å². The van der Waals surface area contributed by atoms with E-state index in [2.05, 4.69) is 45.4 Å². The van der Waals surface area contributed by atoms with Crippen molar-refractivity contribution < 1.29 is 4.42 Å². The van der Waals surface area contributed by atoms with E-state index in [0.717, 1.165) is 23.8 Å². The smallest absolute Gasteiger partial charge is 0.159 e. The fourth-order valence-electron chi connectivity index (χ4n) is 1.50. The van der Waals surface area contributed by atoms with Crippen molar-refractivity contribution in [3.05, 3.63) is 22.5 Å². The first-order chi connectivity index (χ1) is 8.08. The molecule has 1 N–H and O–H groups in total. The molecule has 0 amide bonds. The van der Waals surface area contributed by atoms with E-state index in [1.165, 1.54) is 0 Å². The summed E-state index contributed by atoms with van der Waals surface area (Å²) in [5, 5.41) is 11.2. The highest BCUT2D eigenvalue weighted by molar-refractivity contribution is 9.10. The lowest BCUT2D eigenvalue weighted by Gasteiger charge is -2.05. The Bertz CT molecular complexity index is 484. The zero-order chi connectivity index (χ0) is 12.4. The Morgan fingerprint density at radius 1 is 1.47 bits per heavy atom. The van der Waals surface area contributed by atoms with Gasteiger partial charge in [-0.1, -0.05) is 19.1 Å². The third-order valence-corrected chi connectivity index (χ3v) is 2.90. The predicted octanol–water partition coefficient (Wildman–Crippen LogP) is 2.34. The van der Waals surface area contributed by atoms with E-state index in [1.807, 2.05) is 19.2 Å². The van der Waals surface area contributed by atoms with Gasteiger partial charge in [0.1, 0.15) is 11.5 Å². The zero-order valence-electron chi connectivity index (χ0n) is 10.1. The summed E-state index contributed by atoms with van der Waals surface area (Å²) >= 11 is 3.36. The molecule has 0 radical (unpaired) electrons. The quantitative estimate of drug-likeness (QED) is 0.941. The van der Waals surface area contributed by atoms with Crippen molar-refractivity contribution in [2.75, 3.05) is 0 Å². The van der Waals surface area contributed by atoms with Gasteiger partial charge < -0.3 is 9.73 Å². The second-order valence-electron chi connectivity index (χ2n) is 4.15. The Labute approximate surface area is 108 Å². The molecule has 2 aromatic heterocycles. The molecule has 0 spiro atoms. The SMILES string of the molecule is CC(C)NCc1ccc(-c2c(Br)nnn2C)o1. The molecule has 0 saturated carbocycles. The van der Waals surface area contributed by atoms with Gasteiger partial charge in [-0.2, -0.15) is 0 Å². The molecular weight excluding hydrogens is 284 g/mol. The third-order valence-electron chi connectivity index (χ3n) is 2.37. The largest absolute Gasteiger partial charge is 0.458 e. The van der Waals surface area contributed by atoms with E-state index >= 15 is 0 Å². The van der Waals surface area contributed by atoms with Gasteiger partial charge in [-0.15, -0.1) is 5.10 Å². The molecule has 0 aromatic carbocycles. The number of hydrogen-bond acceptors (Lipinski definition) is 4. The number of rotatable bonds is 4. The van der Waals surface area contributed by atoms with Crippen LogP contribution in [-0.4, -0.2) is 21.0 Å². The van der Waals surface area contributed by atoms with Gasteiger partial charge in [0.05, 0.1) is 6.54 Å². The van der Waals surface area contributed by atoms with E-state index < -0.39 is 0 Å². The number of halogens is 1. The van der Waals surface area contributed by atoms with Crippen LogP contribution < -0.4 is 5.32 Å². The molecule has 6 heteroatoms. The van der Waals surface area contributed by atoms with E-state index in [-0.39, 0.29) is 0 Å². The van der Waals surface area contributed by atoms with Crippen LogP contribution in [0, 0.1) is 0 Å². The molecule has 0 aliphatic rings. The highest BCUT2D eigenvalue weighted by Gasteiger charge is 2.14. The van der Waals surface area contributed by atoms with Crippen molar-refractivity contribution in [1.29, 1.82) is 0 Å². The Hall–Kier alpha value is -1.14. The summed E-state index contributed by atoms with van der Waals surface area (Å²) in [6, 6.07) is 4.33. The first-order valence-corrected chi connectivity index (χ1v) is 6.25. The molecule has 92 valence electrons. The molecule has 0 saturated heterocycles. The minimum Gasteiger partial charge on any atom is -0.458 e. The number of nitrogens with zero attached hydrogens (tertiary/aromatic N) is 3. The van der Waals surface area contributed by atoms with Crippen LogP contribution >= 0.6 is 15.9 Å². The average Bonchev–Trinajstić information content (AvgIpc) is 2.83. The maximum atomic E-state index is 5.75. The number of furan rings is 1. The van der Waals surface area contributed by atoms with Crippen molar-refractivity contribution in [2.45, 2.75) is 26.4 Å². The summed E-state index contributed by atoms with van der Waals surface area (Å²) in [6.07, 6.45) is 0. The third kappa shape index (κ3) is 2.76. The Morgan fingerprint density at radius 2 is 2.24 bits per heavy atom. The molecule has 17 heavy (non-hydrogen) atoms. The highest BCUT2D eigenvalue weighted by atomic mass is 79.9. The van der Waals surface area contributed by atoms with Crippen LogP contribution in [-0.2, 0) is 13.6 Å². The topological polar surface area (TPSA) is 55.9 Å². The van der Waals surface area contributed by atoms with Gasteiger partial charge in [-0.25, -0.2) is 4.68 Å². The van der Waals surface area contributed by atoms with Crippen LogP contribution in [0.25, 0.3) is 11.5 Å². The van der Waals surface area contributed by atoms with Crippen molar-refractivity contribution in [3.63, 3.8) is 0 Å². The van der Waals surface area contributed by atoms with Gasteiger partial charge in [0.15, 0.2) is 10.4 Å². The van der Waals surface area contributed by atoms with Crippen molar-refractivity contribution in [1.82, 2.24) is 20.3 Å². The number of aryl methyl sites for hydroxylation is 1. The predicted molar refractivity (Wildman–Crippen MR) is 68.4 cm³/mol. The molecule has 0 fully saturated rings. The van der Waals surface area contributed by atoms with Crippen molar-refractivity contribution in [2.24, 2.45) is 7.05 Å². The van der Waals surface area contributed by atoms with Gasteiger partial charge in [0.25, 0.3) is 0 Å². The lowest BCUT2D eigenvalue weighted by molar-refractivity contribution is 0.470. The fourth-order valence-corrected chi connectivity index (χ4v) is 2.02. The minimum atomic E-state index is 0.439. The Kier molecular flexibility index (Phi) is 3.63. The van der Waals surface area contributed by atoms with Gasteiger partial charge in [0, 0.05) is 13.1 Å². The lowest BCUT2D eigenvalue weighted by Crippen LogP contribution is -2.21. The molecule has 2 aromatic rings. The van der Waals surface area contributed by atoms with Crippen LogP contribution in [0.4, 0.5) is 0 Å². The summed E-state index contributed by atoms with van der Waals surface area (Å²) in [7, 11) is 1.83. The summed E-state index contributed by atoms with van der Waals surface area (Å²) in [5.74, 6) is 1.67. The molecule has 2 rings (SSSR count). The second-order valence-corrected chi connectivity index (χ2v) is 4.91. The van der Waals surface area contributed by atoms with E-state index in [0.29, 0.717) is 10.6 Å². The number of aromatic nitrogens is 3. The minimum absolute atomic E-state index is 0.439. The van der Waals surface area contributed by atoms with Gasteiger partial charge in [0.2, 0.25) is 0 Å². The summed E-state index contributed by atoms with van der Waals surface area (Å²) in [4.78, 5) is 0. The monoisotopic (exact) mass is 298 g/mol. The molecule has 0 aliphatic carbocycles. The highest BCUT2D eigenvalue weighted by Crippen LogP contribution is 2.27. The standard InChI is InChI=1S/C11H15BrN4O/c1-7(2)13-6-8-4-5-9(17-8)10-11(12)14-15-16(10)3/h4-5,7,13H,6H2,1-3H3. The van der Waals surface area contributed by atoms with Crippen LogP contribution in [0.2, 0.25) is 0 Å². The first-order valence-electron chi connectivity index (χ1n) is 5.45. The van der Waals surface area contributed by atoms with Gasteiger partial charge >= 0.3 is 0 Å². The first kappa shape index (κ1) is 12.3. The Morgan fingerprint density at radius 3 is 2.82 bits per heavy atom. The van der Waals surface area contributed by atoms with Crippen molar-refractivity contribution in [3.8, 4) is 11.5 Å². The number of hydrogen-bond donors (Lipinski definition) is 1. The second kappa shape index (κ2) is 5.01. The number of nitrogens with one attached hydrogen (secondary N) is 1. The molecule has 0 bridgehead atoms. The normalized spacial score (nSPS) is 11.4. The summed E-state index contributed by atoms with van der Waals surface area (Å²) in [5.41, 5.74) is 0.848. The summed E-state index contributed by atoms with van der Waals surface area (Å²) in [6.45, 7) is 4.93. The van der Waals surface area contributed by atoms with Crippen LogP contribution in [0.3, 0.4) is 0 Å². The maximum absolute atomic E-state index is 5.75. The molecule has 0 unspecified atom stereocenters. The van der Waals surface area contributed by atoms with Crippen LogP contribution in [0.5, 0.6) is 0 Å². The maximum Gasteiger partial charge on any atom is 0.159 e.